The first kappa shape index (κ1) is 16.2. The zero-order chi connectivity index (χ0) is 15.0. The highest BCUT2D eigenvalue weighted by molar-refractivity contribution is 5.87. The number of benzene rings is 1. The number of hydrogen-bond acceptors (Lipinski definition) is 2. The zero-order valence-corrected chi connectivity index (χ0v) is 12.6. The molecule has 0 unspecified atom stereocenters. The minimum Gasteiger partial charge on any atom is -0.355 e. The van der Waals surface area contributed by atoms with Gasteiger partial charge < -0.3 is 10.2 Å². The molecule has 0 saturated carbocycles. The Morgan fingerprint density at radius 2 is 1.85 bits per heavy atom. The van der Waals surface area contributed by atoms with Crippen LogP contribution in [0.15, 0.2) is 30.3 Å². The van der Waals surface area contributed by atoms with E-state index >= 15 is 0 Å². The summed E-state index contributed by atoms with van der Waals surface area (Å²) in [5, 5.41) is 2.78. The lowest BCUT2D eigenvalue weighted by Crippen LogP contribution is -2.47. The Hall–Kier alpha value is -1.84. The van der Waals surface area contributed by atoms with Crippen LogP contribution >= 0.6 is 0 Å². The van der Waals surface area contributed by atoms with Gasteiger partial charge in [-0.1, -0.05) is 37.3 Å². The van der Waals surface area contributed by atoms with Crippen molar-refractivity contribution < 1.29 is 9.59 Å². The quantitative estimate of drug-likeness (QED) is 0.831. The van der Waals surface area contributed by atoms with Crippen LogP contribution in [0.2, 0.25) is 0 Å². The van der Waals surface area contributed by atoms with E-state index in [1.54, 1.807) is 11.8 Å². The summed E-state index contributed by atoms with van der Waals surface area (Å²) >= 11 is 0. The Kier molecular flexibility index (Phi) is 6.77. The first-order valence-electron chi connectivity index (χ1n) is 7.21. The summed E-state index contributed by atoms with van der Waals surface area (Å²) in [5.74, 6) is -0.0806. The molecule has 20 heavy (non-hydrogen) atoms. The van der Waals surface area contributed by atoms with Crippen molar-refractivity contribution in [3.8, 4) is 0 Å². The minimum atomic E-state index is -0.450. The van der Waals surface area contributed by atoms with Gasteiger partial charge in [0.05, 0.1) is 0 Å². The number of hydrogen-bond donors (Lipinski definition) is 1. The van der Waals surface area contributed by atoms with E-state index in [0.29, 0.717) is 19.5 Å². The molecule has 2 amide bonds. The third kappa shape index (κ3) is 4.68. The lowest BCUT2D eigenvalue weighted by atomic mass is 10.1. The molecule has 1 N–H and O–H groups in total. The highest BCUT2D eigenvalue weighted by Crippen LogP contribution is 2.11. The number of carbonyl (C=O) groups is 2. The van der Waals surface area contributed by atoms with Gasteiger partial charge in [-0.25, -0.2) is 0 Å². The van der Waals surface area contributed by atoms with E-state index in [4.69, 9.17) is 0 Å². The number of nitrogens with zero attached hydrogens (tertiary/aromatic N) is 1. The van der Waals surface area contributed by atoms with Gasteiger partial charge >= 0.3 is 0 Å². The van der Waals surface area contributed by atoms with Crippen LogP contribution < -0.4 is 5.32 Å². The summed E-state index contributed by atoms with van der Waals surface area (Å²) in [6, 6.07) is 9.31. The highest BCUT2D eigenvalue weighted by atomic mass is 16.2. The van der Waals surface area contributed by atoms with E-state index in [0.717, 1.165) is 12.0 Å². The summed E-state index contributed by atoms with van der Waals surface area (Å²) in [7, 11) is 0. The maximum atomic E-state index is 12.2. The van der Waals surface area contributed by atoms with Crippen molar-refractivity contribution in [3.63, 3.8) is 0 Å². The van der Waals surface area contributed by atoms with Crippen molar-refractivity contribution in [1.29, 1.82) is 0 Å². The molecular formula is C16H24N2O2. The topological polar surface area (TPSA) is 49.4 Å². The largest absolute Gasteiger partial charge is 0.355 e. The molecule has 1 atom stereocenters. The van der Waals surface area contributed by atoms with Gasteiger partial charge in [0.25, 0.3) is 0 Å². The number of nitrogens with one attached hydrogen (secondary N) is 1. The first-order valence-corrected chi connectivity index (χ1v) is 7.21. The van der Waals surface area contributed by atoms with Crippen LogP contribution in [0, 0.1) is 0 Å². The van der Waals surface area contributed by atoms with E-state index in [2.05, 4.69) is 5.32 Å². The summed E-state index contributed by atoms with van der Waals surface area (Å²) < 4.78 is 0. The van der Waals surface area contributed by atoms with Crippen molar-refractivity contribution in [3.05, 3.63) is 35.9 Å². The van der Waals surface area contributed by atoms with Gasteiger partial charge in [0.1, 0.15) is 6.04 Å². The Morgan fingerprint density at radius 1 is 1.20 bits per heavy atom. The van der Waals surface area contributed by atoms with Crippen molar-refractivity contribution in [2.75, 3.05) is 6.54 Å². The molecule has 0 radical (unpaired) electrons. The fraction of sp³-hybridized carbons (Fsp3) is 0.500. The van der Waals surface area contributed by atoms with Gasteiger partial charge in [0, 0.05) is 19.5 Å². The van der Waals surface area contributed by atoms with E-state index in [-0.39, 0.29) is 11.8 Å². The van der Waals surface area contributed by atoms with Crippen LogP contribution in [0.3, 0.4) is 0 Å². The molecule has 0 aliphatic carbocycles. The lowest BCUT2D eigenvalue weighted by molar-refractivity contribution is -0.140. The fourth-order valence-corrected chi connectivity index (χ4v) is 2.04. The number of amides is 2. The van der Waals surface area contributed by atoms with E-state index in [1.165, 1.54) is 0 Å². The van der Waals surface area contributed by atoms with Crippen LogP contribution in [0.5, 0.6) is 0 Å². The Labute approximate surface area is 121 Å². The average Bonchev–Trinajstić information content (AvgIpc) is 2.45. The molecule has 0 aliphatic heterocycles. The molecule has 0 aliphatic rings. The Balaban J connectivity index is 2.84. The molecule has 0 saturated heterocycles. The first-order chi connectivity index (χ1) is 9.60. The molecule has 1 aromatic carbocycles. The second-order valence-corrected chi connectivity index (χ2v) is 4.83. The SMILES string of the molecule is CCCC(=O)N(Cc1ccccc1)[C@@H](C)C(=O)NCC. The van der Waals surface area contributed by atoms with Crippen molar-refractivity contribution in [2.45, 2.75) is 46.2 Å². The van der Waals surface area contributed by atoms with Crippen LogP contribution in [-0.4, -0.2) is 29.3 Å². The molecule has 0 spiro atoms. The maximum Gasteiger partial charge on any atom is 0.242 e. The third-order valence-corrected chi connectivity index (χ3v) is 3.18. The molecule has 1 rings (SSSR count). The Bertz CT molecular complexity index is 431. The molecule has 4 heteroatoms. The second kappa shape index (κ2) is 8.35. The van der Waals surface area contributed by atoms with Crippen LogP contribution in [0.25, 0.3) is 0 Å². The zero-order valence-electron chi connectivity index (χ0n) is 12.6. The van der Waals surface area contributed by atoms with E-state index < -0.39 is 6.04 Å². The standard InChI is InChI=1S/C16H24N2O2/c1-4-9-15(19)18(13(3)16(20)17-5-2)12-14-10-7-6-8-11-14/h6-8,10-11,13H,4-5,9,12H2,1-3H3,(H,17,20)/t13-/m0/s1. The number of carbonyl (C=O) groups excluding carboxylic acids is 2. The molecule has 1 aromatic rings. The molecular weight excluding hydrogens is 252 g/mol. The fourth-order valence-electron chi connectivity index (χ4n) is 2.04. The predicted molar refractivity (Wildman–Crippen MR) is 80.0 cm³/mol. The lowest BCUT2D eigenvalue weighted by Gasteiger charge is -2.28. The van der Waals surface area contributed by atoms with Crippen molar-refractivity contribution in [1.82, 2.24) is 10.2 Å². The van der Waals surface area contributed by atoms with Gasteiger partial charge in [-0.15, -0.1) is 0 Å². The Morgan fingerprint density at radius 3 is 2.40 bits per heavy atom. The molecule has 0 fully saturated rings. The number of rotatable bonds is 7. The smallest absolute Gasteiger partial charge is 0.242 e. The summed E-state index contributed by atoms with van der Waals surface area (Å²) in [6.45, 7) is 6.67. The van der Waals surface area contributed by atoms with E-state index in [1.807, 2.05) is 44.2 Å². The monoisotopic (exact) mass is 276 g/mol. The van der Waals surface area contributed by atoms with E-state index in [9.17, 15) is 9.59 Å². The van der Waals surface area contributed by atoms with Gasteiger partial charge in [-0.3, -0.25) is 9.59 Å². The van der Waals surface area contributed by atoms with Crippen molar-refractivity contribution in [2.24, 2.45) is 0 Å². The average molecular weight is 276 g/mol. The number of likely N-dealkylation sites (N-methyl/N-ethyl adjacent to an activating group) is 1. The third-order valence-electron chi connectivity index (χ3n) is 3.18. The summed E-state index contributed by atoms with van der Waals surface area (Å²) in [6.07, 6.45) is 1.25. The molecule has 4 nitrogen and oxygen atoms in total. The predicted octanol–water partition coefficient (Wildman–Crippen LogP) is 2.34. The van der Waals surface area contributed by atoms with Crippen LogP contribution in [0.1, 0.15) is 39.2 Å². The molecule has 0 bridgehead atoms. The summed E-state index contributed by atoms with van der Waals surface area (Å²) in [4.78, 5) is 25.9. The van der Waals surface area contributed by atoms with Gasteiger partial charge in [0.15, 0.2) is 0 Å². The normalized spacial score (nSPS) is 11.8. The maximum absolute atomic E-state index is 12.2. The highest BCUT2D eigenvalue weighted by Gasteiger charge is 2.24. The minimum absolute atomic E-state index is 0.0232. The van der Waals surface area contributed by atoms with Crippen molar-refractivity contribution >= 4 is 11.8 Å². The summed E-state index contributed by atoms with van der Waals surface area (Å²) in [5.41, 5.74) is 1.04. The van der Waals surface area contributed by atoms with Crippen LogP contribution in [0.4, 0.5) is 0 Å². The molecule has 0 aromatic heterocycles. The molecule has 110 valence electrons. The molecule has 0 heterocycles. The second-order valence-electron chi connectivity index (χ2n) is 4.83. The van der Waals surface area contributed by atoms with Gasteiger partial charge in [-0.2, -0.15) is 0 Å². The van der Waals surface area contributed by atoms with Gasteiger partial charge in [-0.05, 0) is 25.8 Å². The van der Waals surface area contributed by atoms with Crippen LogP contribution in [-0.2, 0) is 16.1 Å². The van der Waals surface area contributed by atoms with Gasteiger partial charge in [0.2, 0.25) is 11.8 Å².